The largest absolute Gasteiger partial charge is 0.366 e. The van der Waals surface area contributed by atoms with Crippen LogP contribution in [0.3, 0.4) is 0 Å². The molecule has 1 fully saturated rings. The molecule has 1 atom stereocenters. The highest BCUT2D eigenvalue weighted by atomic mass is 35.5. The maximum atomic E-state index is 13.2. The summed E-state index contributed by atoms with van der Waals surface area (Å²) < 4.78 is 1.32. The molecular formula is C25H26ClN5O2. The van der Waals surface area contributed by atoms with Gasteiger partial charge in [0.25, 0.3) is 5.56 Å². The summed E-state index contributed by atoms with van der Waals surface area (Å²) in [5, 5.41) is 4.51. The number of rotatable bonds is 4. The van der Waals surface area contributed by atoms with Crippen molar-refractivity contribution in [1.29, 1.82) is 0 Å². The molecule has 8 heteroatoms. The Balaban J connectivity index is 1.26. The van der Waals surface area contributed by atoms with Gasteiger partial charge in [0.2, 0.25) is 5.91 Å². The van der Waals surface area contributed by atoms with E-state index in [1.807, 2.05) is 60.4 Å². The standard InChI is InChI=1S/C25H26ClN5O2/c1-18(24(32)30-12-11-19-7-5-6-10-21(19)30)28-13-15-29(16-14-28)22-17-27-31(25(33)23(22)26)20-8-3-2-4-9-20/h2-10,17-18H,11-16H2,1H3/t18-/m0/s1. The van der Waals surface area contributed by atoms with Gasteiger partial charge in [-0.05, 0) is 37.1 Å². The molecule has 2 aliphatic rings. The highest BCUT2D eigenvalue weighted by molar-refractivity contribution is 6.33. The van der Waals surface area contributed by atoms with Gasteiger partial charge in [-0.1, -0.05) is 48.0 Å². The van der Waals surface area contributed by atoms with Crippen molar-refractivity contribution in [2.45, 2.75) is 19.4 Å². The maximum Gasteiger partial charge on any atom is 0.292 e. The predicted molar refractivity (Wildman–Crippen MR) is 131 cm³/mol. The Labute approximate surface area is 197 Å². The van der Waals surface area contributed by atoms with E-state index in [4.69, 9.17) is 11.6 Å². The summed E-state index contributed by atoms with van der Waals surface area (Å²) in [6.45, 7) is 5.48. The zero-order valence-corrected chi connectivity index (χ0v) is 19.3. The molecule has 0 bridgehead atoms. The predicted octanol–water partition coefficient (Wildman–Crippen LogP) is 2.99. The second kappa shape index (κ2) is 9.00. The van der Waals surface area contributed by atoms with E-state index in [2.05, 4.69) is 21.0 Å². The molecule has 3 heterocycles. The first kappa shape index (κ1) is 21.7. The molecule has 2 aliphatic heterocycles. The second-order valence-electron chi connectivity index (χ2n) is 8.46. The van der Waals surface area contributed by atoms with Gasteiger partial charge in [0, 0.05) is 38.4 Å². The van der Waals surface area contributed by atoms with Crippen molar-refractivity contribution < 1.29 is 4.79 Å². The fourth-order valence-corrected chi connectivity index (χ4v) is 4.95. The molecule has 2 aromatic carbocycles. The van der Waals surface area contributed by atoms with Crippen LogP contribution >= 0.6 is 11.6 Å². The Bertz CT molecular complexity index is 1220. The van der Waals surface area contributed by atoms with E-state index >= 15 is 0 Å². The highest BCUT2D eigenvalue weighted by Gasteiger charge is 2.32. The van der Waals surface area contributed by atoms with E-state index < -0.39 is 0 Å². The number of anilines is 2. The fourth-order valence-electron chi connectivity index (χ4n) is 4.70. The van der Waals surface area contributed by atoms with Crippen molar-refractivity contribution in [3.05, 3.63) is 81.7 Å². The number of carbonyl (C=O) groups is 1. The number of hydrogen-bond acceptors (Lipinski definition) is 5. The summed E-state index contributed by atoms with van der Waals surface area (Å²) in [7, 11) is 0. The van der Waals surface area contributed by atoms with E-state index in [9.17, 15) is 9.59 Å². The molecule has 170 valence electrons. The zero-order valence-electron chi connectivity index (χ0n) is 18.5. The number of piperazine rings is 1. The molecule has 1 aromatic heterocycles. The second-order valence-corrected chi connectivity index (χ2v) is 8.84. The van der Waals surface area contributed by atoms with E-state index in [1.54, 1.807) is 6.20 Å². The lowest BCUT2D eigenvalue weighted by atomic mass is 10.1. The van der Waals surface area contributed by atoms with Crippen LogP contribution in [0.5, 0.6) is 0 Å². The Morgan fingerprint density at radius 3 is 2.39 bits per heavy atom. The highest BCUT2D eigenvalue weighted by Crippen LogP contribution is 2.29. The van der Waals surface area contributed by atoms with E-state index in [1.165, 1.54) is 10.2 Å². The first-order valence-electron chi connectivity index (χ1n) is 11.3. The summed E-state index contributed by atoms with van der Waals surface area (Å²) in [6, 6.07) is 17.1. The Morgan fingerprint density at radius 2 is 1.64 bits per heavy atom. The fraction of sp³-hybridized carbons (Fsp3) is 0.320. The van der Waals surface area contributed by atoms with Crippen LogP contribution in [0.25, 0.3) is 5.69 Å². The van der Waals surface area contributed by atoms with Crippen LogP contribution in [0.4, 0.5) is 11.4 Å². The van der Waals surface area contributed by atoms with Crippen LogP contribution in [0.15, 0.2) is 65.6 Å². The molecule has 1 amide bonds. The summed E-state index contributed by atoms with van der Waals surface area (Å²) in [4.78, 5) is 32.2. The molecule has 5 rings (SSSR count). The SMILES string of the molecule is C[C@@H](C(=O)N1CCc2ccccc21)N1CCN(c2cnn(-c3ccccc3)c(=O)c2Cl)CC1. The van der Waals surface area contributed by atoms with E-state index in [0.717, 1.165) is 18.7 Å². The number of halogens is 1. The molecular weight excluding hydrogens is 438 g/mol. The third kappa shape index (κ3) is 4.03. The molecule has 0 spiro atoms. The topological polar surface area (TPSA) is 61.7 Å². The molecule has 33 heavy (non-hydrogen) atoms. The molecule has 0 saturated carbocycles. The third-order valence-corrected chi connectivity index (χ3v) is 6.97. The molecule has 0 unspecified atom stereocenters. The van der Waals surface area contributed by atoms with Crippen molar-refractivity contribution >= 4 is 28.9 Å². The molecule has 1 saturated heterocycles. The van der Waals surface area contributed by atoms with Gasteiger partial charge < -0.3 is 9.80 Å². The summed E-state index contributed by atoms with van der Waals surface area (Å²) in [5.41, 5.74) is 3.25. The molecule has 0 N–H and O–H groups in total. The zero-order chi connectivity index (χ0) is 22.9. The quantitative estimate of drug-likeness (QED) is 0.595. The number of hydrogen-bond donors (Lipinski definition) is 0. The van der Waals surface area contributed by atoms with Gasteiger partial charge in [-0.25, -0.2) is 0 Å². The van der Waals surface area contributed by atoms with Crippen LogP contribution < -0.4 is 15.4 Å². The Hall–Kier alpha value is -3.16. The lowest BCUT2D eigenvalue weighted by Crippen LogP contribution is -2.54. The molecule has 0 radical (unpaired) electrons. The van der Waals surface area contributed by atoms with Crippen LogP contribution in [-0.4, -0.2) is 59.4 Å². The van der Waals surface area contributed by atoms with Crippen LogP contribution in [0, 0.1) is 0 Å². The minimum atomic E-state index is -0.334. The number of benzene rings is 2. The monoisotopic (exact) mass is 463 g/mol. The maximum absolute atomic E-state index is 13.2. The number of fused-ring (bicyclic) bond motifs is 1. The number of aromatic nitrogens is 2. The number of nitrogens with zero attached hydrogens (tertiary/aromatic N) is 5. The van der Waals surface area contributed by atoms with Gasteiger partial charge in [-0.2, -0.15) is 9.78 Å². The lowest BCUT2D eigenvalue weighted by Gasteiger charge is -2.39. The first-order chi connectivity index (χ1) is 16.0. The van der Waals surface area contributed by atoms with Crippen LogP contribution in [-0.2, 0) is 11.2 Å². The Kier molecular flexibility index (Phi) is 5.91. The van der Waals surface area contributed by atoms with Gasteiger partial charge in [-0.15, -0.1) is 0 Å². The van der Waals surface area contributed by atoms with Crippen LogP contribution in [0.2, 0.25) is 5.02 Å². The van der Waals surface area contributed by atoms with Crippen molar-refractivity contribution in [2.24, 2.45) is 0 Å². The lowest BCUT2D eigenvalue weighted by molar-refractivity contribution is -0.123. The van der Waals surface area contributed by atoms with Gasteiger partial charge >= 0.3 is 0 Å². The average Bonchev–Trinajstić information content (AvgIpc) is 3.30. The number of para-hydroxylation sites is 2. The average molecular weight is 464 g/mol. The van der Waals surface area contributed by atoms with Gasteiger partial charge in [0.1, 0.15) is 5.02 Å². The third-order valence-electron chi connectivity index (χ3n) is 6.61. The number of amides is 1. The number of carbonyl (C=O) groups excluding carboxylic acids is 1. The van der Waals surface area contributed by atoms with Crippen molar-refractivity contribution in [2.75, 3.05) is 42.5 Å². The summed E-state index contributed by atoms with van der Waals surface area (Å²) in [6.07, 6.45) is 2.56. The van der Waals surface area contributed by atoms with Crippen molar-refractivity contribution in [3.63, 3.8) is 0 Å². The minimum Gasteiger partial charge on any atom is -0.366 e. The summed E-state index contributed by atoms with van der Waals surface area (Å²) >= 11 is 6.48. The smallest absolute Gasteiger partial charge is 0.292 e. The summed E-state index contributed by atoms with van der Waals surface area (Å²) in [5.74, 6) is 0.138. The van der Waals surface area contributed by atoms with Gasteiger partial charge in [0.05, 0.1) is 23.6 Å². The van der Waals surface area contributed by atoms with Crippen molar-refractivity contribution in [1.82, 2.24) is 14.7 Å². The molecule has 3 aromatic rings. The first-order valence-corrected chi connectivity index (χ1v) is 11.6. The van der Waals surface area contributed by atoms with E-state index in [-0.39, 0.29) is 22.5 Å². The Morgan fingerprint density at radius 1 is 0.939 bits per heavy atom. The van der Waals surface area contributed by atoms with Crippen LogP contribution in [0.1, 0.15) is 12.5 Å². The van der Waals surface area contributed by atoms with Gasteiger partial charge in [-0.3, -0.25) is 14.5 Å². The minimum absolute atomic E-state index is 0.138. The van der Waals surface area contributed by atoms with Gasteiger partial charge in [0.15, 0.2) is 0 Å². The van der Waals surface area contributed by atoms with Crippen molar-refractivity contribution in [3.8, 4) is 5.69 Å². The normalized spacial score (nSPS) is 17.2. The molecule has 0 aliphatic carbocycles. The molecule has 7 nitrogen and oxygen atoms in total. The van der Waals surface area contributed by atoms with E-state index in [0.29, 0.717) is 37.6 Å².